The molecule has 0 amide bonds. The third kappa shape index (κ3) is 5.64. The number of carboxylic acid groups (broad SMARTS) is 1. The minimum Gasteiger partial charge on any atom is -0.478 e. The largest absolute Gasteiger partial charge is 0.478 e. The van der Waals surface area contributed by atoms with Crippen molar-refractivity contribution in [2.45, 2.75) is 17.9 Å². The molecule has 0 fully saturated rings. The highest BCUT2D eigenvalue weighted by Gasteiger charge is 2.12. The van der Waals surface area contributed by atoms with Crippen molar-refractivity contribution in [3.05, 3.63) is 111 Å². The molecule has 35 heavy (non-hydrogen) atoms. The number of nitrogens with one attached hydrogen (secondary N) is 1. The van der Waals surface area contributed by atoms with E-state index in [1.165, 1.54) is 24.3 Å². The molecule has 2 N–H and O–H groups in total. The van der Waals surface area contributed by atoms with Crippen molar-refractivity contribution in [2.75, 3.05) is 6.26 Å². The van der Waals surface area contributed by atoms with E-state index in [1.54, 1.807) is 48.5 Å². The molecular weight excluding hydrogens is 470 g/mol. The molecule has 0 saturated heterocycles. The molecule has 0 radical (unpaired) electrons. The summed E-state index contributed by atoms with van der Waals surface area (Å²) in [5.41, 5.74) is 2.65. The Hall–Kier alpha value is -4.24. The first kappa shape index (κ1) is 23.9. The van der Waals surface area contributed by atoms with E-state index >= 15 is 0 Å². The monoisotopic (exact) mass is 491 g/mol. The number of carboxylic acids is 1. The van der Waals surface area contributed by atoms with Gasteiger partial charge in [0.15, 0.2) is 9.84 Å². The average Bonchev–Trinajstić information content (AvgIpc) is 2.83. The molecule has 1 heterocycles. The van der Waals surface area contributed by atoms with Gasteiger partial charge in [-0.05, 0) is 65.0 Å². The van der Waals surface area contributed by atoms with E-state index in [9.17, 15) is 22.8 Å². The first-order valence-electron chi connectivity index (χ1n) is 10.5. The van der Waals surface area contributed by atoms with E-state index in [4.69, 9.17) is 9.84 Å². The Balaban J connectivity index is 1.51. The maximum Gasteiger partial charge on any atom is 0.338 e. The molecule has 0 atom stereocenters. The topological polar surface area (TPSA) is 131 Å². The van der Waals surface area contributed by atoms with Crippen molar-refractivity contribution in [1.29, 1.82) is 0 Å². The number of aromatic amines is 1. The van der Waals surface area contributed by atoms with Crippen LogP contribution in [0.2, 0.25) is 0 Å². The fourth-order valence-electron chi connectivity index (χ4n) is 3.56. The van der Waals surface area contributed by atoms with Gasteiger partial charge in [0.05, 0.1) is 16.0 Å². The van der Waals surface area contributed by atoms with E-state index in [1.807, 2.05) is 0 Å². The Labute approximate surface area is 200 Å². The number of ether oxygens (including phenoxy) is 1. The summed E-state index contributed by atoms with van der Waals surface area (Å²) in [6, 6.07) is 18.9. The van der Waals surface area contributed by atoms with Crippen LogP contribution < -0.4 is 5.56 Å². The zero-order chi connectivity index (χ0) is 25.2. The van der Waals surface area contributed by atoms with Crippen LogP contribution in [0.1, 0.15) is 37.4 Å². The number of rotatable bonds is 7. The van der Waals surface area contributed by atoms with E-state index in [0.29, 0.717) is 34.0 Å². The molecule has 3 aromatic carbocycles. The molecule has 0 aliphatic rings. The molecule has 0 saturated carbocycles. The molecule has 8 nitrogen and oxygen atoms in total. The molecule has 0 spiro atoms. The van der Waals surface area contributed by atoms with Crippen LogP contribution in [-0.2, 0) is 27.6 Å². The van der Waals surface area contributed by atoms with Gasteiger partial charge in [-0.25, -0.2) is 18.0 Å². The minimum atomic E-state index is -3.30. The molecule has 9 heteroatoms. The molecule has 0 unspecified atom stereocenters. The van der Waals surface area contributed by atoms with Gasteiger partial charge in [0.1, 0.15) is 6.61 Å². The quantitative estimate of drug-likeness (QED) is 0.378. The van der Waals surface area contributed by atoms with Crippen LogP contribution in [0.5, 0.6) is 0 Å². The lowest BCUT2D eigenvalue weighted by atomic mass is 10.0. The van der Waals surface area contributed by atoms with Gasteiger partial charge in [-0.1, -0.05) is 24.3 Å². The SMILES string of the molecule is CS(=O)(=O)c1ccc(COC(=O)c2ccc3[nH]c(=O)c(Cc4ccc(C(=O)O)cc4)cc3c2)cc1. The van der Waals surface area contributed by atoms with Crippen molar-refractivity contribution >= 4 is 32.7 Å². The van der Waals surface area contributed by atoms with Crippen molar-refractivity contribution in [3.8, 4) is 0 Å². The highest BCUT2D eigenvalue weighted by atomic mass is 32.2. The van der Waals surface area contributed by atoms with Crippen LogP contribution in [0.25, 0.3) is 10.9 Å². The lowest BCUT2D eigenvalue weighted by molar-refractivity contribution is 0.0472. The molecule has 0 aliphatic heterocycles. The maximum absolute atomic E-state index is 12.6. The van der Waals surface area contributed by atoms with Gasteiger partial charge in [0, 0.05) is 23.8 Å². The van der Waals surface area contributed by atoms with Crippen molar-refractivity contribution in [2.24, 2.45) is 0 Å². The summed E-state index contributed by atoms with van der Waals surface area (Å²) >= 11 is 0. The lowest BCUT2D eigenvalue weighted by Crippen LogP contribution is -2.13. The standard InChI is InChI=1S/C26H21NO7S/c1-35(32,33)22-9-4-17(5-10-22)15-34-26(31)19-8-11-23-20(13-19)14-21(24(28)27-23)12-16-2-6-18(7-3-16)25(29)30/h2-11,13-14H,12,15H2,1H3,(H,27,28)(H,29,30). The fraction of sp³-hybridized carbons (Fsp3) is 0.115. The Morgan fingerprint density at radius 3 is 2.14 bits per heavy atom. The Morgan fingerprint density at radius 1 is 0.886 bits per heavy atom. The summed E-state index contributed by atoms with van der Waals surface area (Å²) in [6.07, 6.45) is 1.42. The van der Waals surface area contributed by atoms with Crippen LogP contribution in [0.3, 0.4) is 0 Å². The predicted octanol–water partition coefficient (Wildman–Crippen LogP) is 3.58. The van der Waals surface area contributed by atoms with Gasteiger partial charge in [-0.15, -0.1) is 0 Å². The molecule has 178 valence electrons. The van der Waals surface area contributed by atoms with Gasteiger partial charge in [-0.3, -0.25) is 4.79 Å². The summed E-state index contributed by atoms with van der Waals surface area (Å²) in [5, 5.41) is 9.67. The van der Waals surface area contributed by atoms with Crippen LogP contribution in [0.15, 0.2) is 82.5 Å². The number of H-pyrrole nitrogens is 1. The minimum absolute atomic E-state index is 0.0237. The molecule has 0 bridgehead atoms. The number of pyridine rings is 1. The second kappa shape index (κ2) is 9.55. The van der Waals surface area contributed by atoms with Gasteiger partial charge >= 0.3 is 11.9 Å². The molecule has 1 aromatic heterocycles. The van der Waals surface area contributed by atoms with E-state index in [-0.39, 0.29) is 22.6 Å². The maximum atomic E-state index is 12.6. The zero-order valence-corrected chi connectivity index (χ0v) is 19.5. The Morgan fingerprint density at radius 2 is 1.51 bits per heavy atom. The first-order valence-corrected chi connectivity index (χ1v) is 12.4. The molecule has 4 rings (SSSR count). The fourth-order valence-corrected chi connectivity index (χ4v) is 4.19. The Kier molecular flexibility index (Phi) is 6.52. The second-order valence-corrected chi connectivity index (χ2v) is 10.1. The van der Waals surface area contributed by atoms with E-state index in [0.717, 1.165) is 11.8 Å². The normalized spacial score (nSPS) is 11.3. The highest BCUT2D eigenvalue weighted by molar-refractivity contribution is 7.90. The number of sulfone groups is 1. The van der Waals surface area contributed by atoms with Crippen molar-refractivity contribution in [3.63, 3.8) is 0 Å². The number of hydrogen-bond acceptors (Lipinski definition) is 6. The van der Waals surface area contributed by atoms with Crippen molar-refractivity contribution < 1.29 is 27.9 Å². The summed E-state index contributed by atoms with van der Waals surface area (Å²) in [5.74, 6) is -1.58. The number of aromatic nitrogens is 1. The van der Waals surface area contributed by atoms with E-state index < -0.39 is 21.8 Å². The number of hydrogen-bond donors (Lipinski definition) is 2. The predicted molar refractivity (Wildman–Crippen MR) is 129 cm³/mol. The number of esters is 1. The number of carbonyl (C=O) groups is 2. The van der Waals surface area contributed by atoms with Gasteiger partial charge in [0.2, 0.25) is 0 Å². The highest BCUT2D eigenvalue weighted by Crippen LogP contribution is 2.18. The third-order valence-electron chi connectivity index (χ3n) is 5.47. The second-order valence-electron chi connectivity index (χ2n) is 8.10. The first-order chi connectivity index (χ1) is 16.6. The smallest absolute Gasteiger partial charge is 0.338 e. The van der Waals surface area contributed by atoms with Gasteiger partial charge in [-0.2, -0.15) is 0 Å². The van der Waals surface area contributed by atoms with Crippen molar-refractivity contribution in [1.82, 2.24) is 4.98 Å². The number of fused-ring (bicyclic) bond motifs is 1. The summed E-state index contributed by atoms with van der Waals surface area (Å²) < 4.78 is 28.5. The van der Waals surface area contributed by atoms with Crippen LogP contribution in [0.4, 0.5) is 0 Å². The third-order valence-corrected chi connectivity index (χ3v) is 6.60. The number of aromatic carboxylic acids is 1. The van der Waals surface area contributed by atoms with Crippen LogP contribution in [0, 0.1) is 0 Å². The van der Waals surface area contributed by atoms with Gasteiger partial charge < -0.3 is 14.8 Å². The van der Waals surface area contributed by atoms with Crippen LogP contribution in [-0.4, -0.2) is 36.7 Å². The summed E-state index contributed by atoms with van der Waals surface area (Å²) in [4.78, 5) is 39.1. The Bertz CT molecular complexity index is 1590. The molecule has 4 aromatic rings. The average molecular weight is 492 g/mol. The lowest BCUT2D eigenvalue weighted by Gasteiger charge is -2.08. The number of carbonyl (C=O) groups excluding carboxylic acids is 1. The van der Waals surface area contributed by atoms with Gasteiger partial charge in [0.25, 0.3) is 5.56 Å². The van der Waals surface area contributed by atoms with Crippen LogP contribution >= 0.6 is 0 Å². The molecule has 0 aliphatic carbocycles. The summed E-state index contributed by atoms with van der Waals surface area (Å²) in [6.45, 7) is -0.0237. The van der Waals surface area contributed by atoms with E-state index in [2.05, 4.69) is 4.98 Å². The number of benzene rings is 3. The molecular formula is C26H21NO7S. The zero-order valence-electron chi connectivity index (χ0n) is 18.6. The summed E-state index contributed by atoms with van der Waals surface area (Å²) in [7, 11) is -3.30.